The second-order valence-corrected chi connectivity index (χ2v) is 7.54. The quantitative estimate of drug-likeness (QED) is 0.725. The van der Waals surface area contributed by atoms with Crippen molar-refractivity contribution in [2.75, 3.05) is 18.4 Å². The summed E-state index contributed by atoms with van der Waals surface area (Å²) in [5.41, 5.74) is 1.47. The van der Waals surface area contributed by atoms with Crippen LogP contribution in [0.2, 0.25) is 0 Å². The Kier molecular flexibility index (Phi) is 5.16. The second kappa shape index (κ2) is 7.88. The van der Waals surface area contributed by atoms with Gasteiger partial charge in [-0.1, -0.05) is 43.2 Å². The normalized spacial score (nSPS) is 14.7. The van der Waals surface area contributed by atoms with E-state index in [9.17, 15) is 9.59 Å². The van der Waals surface area contributed by atoms with Crippen LogP contribution in [-0.2, 0) is 0 Å². The van der Waals surface area contributed by atoms with E-state index in [1.807, 2.05) is 41.3 Å². The van der Waals surface area contributed by atoms with Crippen LogP contribution in [0.3, 0.4) is 0 Å². The van der Waals surface area contributed by atoms with Crippen molar-refractivity contribution >= 4 is 39.1 Å². The molecular weight excluding hydrogens is 358 g/mol. The van der Waals surface area contributed by atoms with Crippen LogP contribution in [0.25, 0.3) is 10.1 Å². The molecule has 0 saturated carbocycles. The number of anilines is 1. The number of nitrogens with zero attached hydrogens (tertiary/aromatic N) is 2. The Morgan fingerprint density at radius 3 is 2.44 bits per heavy atom. The molecule has 0 bridgehead atoms. The molecule has 1 aliphatic heterocycles. The fraction of sp³-hybridized carbons (Fsp3) is 0.286. The summed E-state index contributed by atoms with van der Waals surface area (Å²) < 4.78 is 5.27. The minimum atomic E-state index is -0.288. The Morgan fingerprint density at radius 2 is 1.63 bits per heavy atom. The molecular formula is C21H21N3O2S. The molecule has 1 aliphatic rings. The number of aromatic nitrogens is 1. The third-order valence-corrected chi connectivity index (χ3v) is 5.72. The molecule has 2 amide bonds. The molecule has 2 heterocycles. The molecule has 27 heavy (non-hydrogen) atoms. The van der Waals surface area contributed by atoms with Crippen molar-refractivity contribution < 1.29 is 9.59 Å². The van der Waals surface area contributed by atoms with Gasteiger partial charge in [0.15, 0.2) is 0 Å². The number of nitrogens with one attached hydrogen (secondary N) is 1. The van der Waals surface area contributed by atoms with Crippen molar-refractivity contribution in [2.45, 2.75) is 25.7 Å². The molecule has 1 fully saturated rings. The Balaban J connectivity index is 1.59. The summed E-state index contributed by atoms with van der Waals surface area (Å²) in [5.74, 6) is -0.306. The fourth-order valence-electron chi connectivity index (χ4n) is 3.45. The van der Waals surface area contributed by atoms with Crippen molar-refractivity contribution in [3.63, 3.8) is 0 Å². The highest BCUT2D eigenvalue weighted by Gasteiger charge is 2.22. The Bertz CT molecular complexity index is 974. The average Bonchev–Trinajstić information content (AvgIpc) is 2.94. The molecule has 0 atom stereocenters. The molecule has 0 radical (unpaired) electrons. The summed E-state index contributed by atoms with van der Waals surface area (Å²) in [6, 6.07) is 14.9. The van der Waals surface area contributed by atoms with Gasteiger partial charge in [-0.2, -0.15) is 4.37 Å². The molecule has 4 rings (SSSR count). The molecule has 1 aromatic heterocycles. The largest absolute Gasteiger partial charge is 0.339 e. The highest BCUT2D eigenvalue weighted by atomic mass is 32.1. The van der Waals surface area contributed by atoms with E-state index in [-0.39, 0.29) is 11.8 Å². The lowest BCUT2D eigenvalue weighted by Crippen LogP contribution is -2.32. The zero-order valence-corrected chi connectivity index (χ0v) is 15.8. The van der Waals surface area contributed by atoms with Gasteiger partial charge in [0.1, 0.15) is 5.69 Å². The van der Waals surface area contributed by atoms with Crippen molar-refractivity contribution in [2.24, 2.45) is 0 Å². The summed E-state index contributed by atoms with van der Waals surface area (Å²) >= 11 is 1.30. The number of benzene rings is 2. The maximum atomic E-state index is 13.0. The SMILES string of the molecule is O=C(Nc1ccccc1C(=O)N1CCCCCC1)c1nsc2ccccc12. The molecule has 0 aliphatic carbocycles. The summed E-state index contributed by atoms with van der Waals surface area (Å²) in [6.45, 7) is 1.55. The van der Waals surface area contributed by atoms with Crippen LogP contribution in [0.1, 0.15) is 46.5 Å². The van der Waals surface area contributed by atoms with Gasteiger partial charge >= 0.3 is 0 Å². The summed E-state index contributed by atoms with van der Waals surface area (Å²) in [5, 5.41) is 3.73. The predicted octanol–water partition coefficient (Wildman–Crippen LogP) is 4.56. The molecule has 3 aromatic rings. The molecule has 138 valence electrons. The number of amides is 2. The Labute approximate surface area is 162 Å². The molecule has 6 heteroatoms. The zero-order chi connectivity index (χ0) is 18.6. The van der Waals surface area contributed by atoms with Gasteiger partial charge in [-0.25, -0.2) is 0 Å². The van der Waals surface area contributed by atoms with Crippen molar-refractivity contribution in [1.82, 2.24) is 9.27 Å². The van der Waals surface area contributed by atoms with Crippen molar-refractivity contribution in [3.05, 3.63) is 59.8 Å². The fourth-order valence-corrected chi connectivity index (χ4v) is 4.23. The van der Waals surface area contributed by atoms with Crippen LogP contribution in [-0.4, -0.2) is 34.2 Å². The first-order chi connectivity index (χ1) is 13.2. The van der Waals surface area contributed by atoms with Gasteiger partial charge in [0.2, 0.25) is 0 Å². The number of fused-ring (bicyclic) bond motifs is 1. The third kappa shape index (κ3) is 3.71. The summed E-state index contributed by atoms with van der Waals surface area (Å²) in [7, 11) is 0. The maximum Gasteiger partial charge on any atom is 0.276 e. The molecule has 1 N–H and O–H groups in total. The summed E-state index contributed by atoms with van der Waals surface area (Å²) in [4.78, 5) is 27.7. The third-order valence-electron chi connectivity index (χ3n) is 4.89. The number of likely N-dealkylation sites (tertiary alicyclic amines) is 1. The van der Waals surface area contributed by atoms with Gasteiger partial charge < -0.3 is 10.2 Å². The van der Waals surface area contributed by atoms with Crippen LogP contribution >= 0.6 is 11.5 Å². The Morgan fingerprint density at radius 1 is 0.926 bits per heavy atom. The van der Waals surface area contributed by atoms with E-state index < -0.39 is 0 Å². The average molecular weight is 379 g/mol. The maximum absolute atomic E-state index is 13.0. The Hall–Kier alpha value is -2.73. The first kappa shape index (κ1) is 17.7. The predicted molar refractivity (Wildman–Crippen MR) is 108 cm³/mol. The number of carbonyl (C=O) groups excluding carboxylic acids is 2. The van der Waals surface area contributed by atoms with Gasteiger partial charge in [-0.05, 0) is 42.6 Å². The van der Waals surface area contributed by atoms with E-state index in [1.165, 1.54) is 24.4 Å². The van der Waals surface area contributed by atoms with E-state index in [0.29, 0.717) is 16.9 Å². The number of carbonyl (C=O) groups is 2. The minimum absolute atomic E-state index is 0.0177. The smallest absolute Gasteiger partial charge is 0.276 e. The topological polar surface area (TPSA) is 62.3 Å². The highest BCUT2D eigenvalue weighted by Crippen LogP contribution is 2.25. The molecule has 0 spiro atoms. The van der Waals surface area contributed by atoms with Crippen molar-refractivity contribution in [3.8, 4) is 0 Å². The van der Waals surface area contributed by atoms with Gasteiger partial charge in [0.05, 0.1) is 16.0 Å². The van der Waals surface area contributed by atoms with E-state index in [0.717, 1.165) is 36.0 Å². The molecule has 5 nitrogen and oxygen atoms in total. The van der Waals surface area contributed by atoms with Crippen LogP contribution < -0.4 is 5.32 Å². The first-order valence-corrected chi connectivity index (χ1v) is 10.1. The van der Waals surface area contributed by atoms with E-state index >= 15 is 0 Å². The van der Waals surface area contributed by atoms with Gasteiger partial charge in [-0.3, -0.25) is 9.59 Å². The second-order valence-electron chi connectivity index (χ2n) is 6.73. The standard InChI is InChI=1S/C21H21N3O2S/c25-20(19-16-10-4-6-12-18(16)27-23-19)22-17-11-5-3-9-15(17)21(26)24-13-7-1-2-8-14-24/h3-6,9-12H,1-2,7-8,13-14H2,(H,22,25). The number of rotatable bonds is 3. The monoisotopic (exact) mass is 379 g/mol. The molecule has 0 unspecified atom stereocenters. The van der Waals surface area contributed by atoms with E-state index in [1.54, 1.807) is 12.1 Å². The first-order valence-electron chi connectivity index (χ1n) is 9.28. The number of hydrogen-bond donors (Lipinski definition) is 1. The van der Waals surface area contributed by atoms with E-state index in [2.05, 4.69) is 9.69 Å². The number of hydrogen-bond acceptors (Lipinski definition) is 4. The lowest BCUT2D eigenvalue weighted by Gasteiger charge is -2.21. The van der Waals surface area contributed by atoms with Crippen molar-refractivity contribution in [1.29, 1.82) is 0 Å². The van der Waals surface area contributed by atoms with Crippen LogP contribution in [0.15, 0.2) is 48.5 Å². The van der Waals surface area contributed by atoms with Crippen LogP contribution in [0.5, 0.6) is 0 Å². The lowest BCUT2D eigenvalue weighted by atomic mass is 10.1. The van der Waals surface area contributed by atoms with Crippen LogP contribution in [0, 0.1) is 0 Å². The minimum Gasteiger partial charge on any atom is -0.339 e. The van der Waals surface area contributed by atoms with Gasteiger partial charge in [0.25, 0.3) is 11.8 Å². The lowest BCUT2D eigenvalue weighted by molar-refractivity contribution is 0.0762. The van der Waals surface area contributed by atoms with Gasteiger partial charge in [0, 0.05) is 18.5 Å². The number of para-hydroxylation sites is 1. The zero-order valence-electron chi connectivity index (χ0n) is 15.0. The summed E-state index contributed by atoms with van der Waals surface area (Å²) in [6.07, 6.45) is 4.40. The van der Waals surface area contributed by atoms with E-state index in [4.69, 9.17) is 0 Å². The van der Waals surface area contributed by atoms with Crippen LogP contribution in [0.4, 0.5) is 5.69 Å². The van der Waals surface area contributed by atoms with Gasteiger partial charge in [-0.15, -0.1) is 0 Å². The molecule has 2 aromatic carbocycles. The highest BCUT2D eigenvalue weighted by molar-refractivity contribution is 7.13. The molecule has 1 saturated heterocycles.